The number of benzene rings is 1. The Kier molecular flexibility index (Phi) is 4.20. The summed E-state index contributed by atoms with van der Waals surface area (Å²) in [5.74, 6) is 0.253. The first-order chi connectivity index (χ1) is 8.69. The lowest BCUT2D eigenvalue weighted by Crippen LogP contribution is -2.25. The van der Waals surface area contributed by atoms with Gasteiger partial charge in [-0.1, -0.05) is 19.1 Å². The Hall–Kier alpha value is -1.55. The SMILES string of the molecule is CCN(CCC(=O)O)Cc1ccc2c(c1)CCO2. The van der Waals surface area contributed by atoms with E-state index in [4.69, 9.17) is 9.84 Å². The zero-order chi connectivity index (χ0) is 13.0. The molecule has 1 heterocycles. The van der Waals surface area contributed by atoms with Gasteiger partial charge in [-0.3, -0.25) is 9.69 Å². The summed E-state index contributed by atoms with van der Waals surface area (Å²) in [6, 6.07) is 6.25. The highest BCUT2D eigenvalue weighted by Gasteiger charge is 2.13. The fourth-order valence-corrected chi connectivity index (χ4v) is 2.20. The molecular formula is C14H19NO3. The molecule has 1 aliphatic heterocycles. The molecule has 0 radical (unpaired) electrons. The van der Waals surface area contributed by atoms with Crippen LogP contribution in [0.15, 0.2) is 18.2 Å². The van der Waals surface area contributed by atoms with E-state index in [1.165, 1.54) is 11.1 Å². The Morgan fingerprint density at radius 2 is 2.33 bits per heavy atom. The lowest BCUT2D eigenvalue weighted by Gasteiger charge is -2.19. The van der Waals surface area contributed by atoms with Gasteiger partial charge in [-0.05, 0) is 23.7 Å². The van der Waals surface area contributed by atoms with Crippen LogP contribution in [-0.2, 0) is 17.8 Å². The Morgan fingerprint density at radius 1 is 1.50 bits per heavy atom. The molecule has 0 saturated heterocycles. The van der Waals surface area contributed by atoms with Gasteiger partial charge < -0.3 is 9.84 Å². The van der Waals surface area contributed by atoms with Gasteiger partial charge in [0.1, 0.15) is 5.75 Å². The van der Waals surface area contributed by atoms with Crippen molar-refractivity contribution >= 4 is 5.97 Å². The van der Waals surface area contributed by atoms with Crippen LogP contribution >= 0.6 is 0 Å². The van der Waals surface area contributed by atoms with Gasteiger partial charge >= 0.3 is 5.97 Å². The predicted octanol–water partition coefficient (Wildman–Crippen LogP) is 1.92. The molecule has 0 aromatic heterocycles. The van der Waals surface area contributed by atoms with E-state index in [-0.39, 0.29) is 6.42 Å². The number of hydrogen-bond donors (Lipinski definition) is 1. The highest BCUT2D eigenvalue weighted by atomic mass is 16.5. The first-order valence-electron chi connectivity index (χ1n) is 6.38. The average molecular weight is 249 g/mol. The van der Waals surface area contributed by atoms with E-state index in [9.17, 15) is 4.79 Å². The van der Waals surface area contributed by atoms with Gasteiger partial charge in [0.2, 0.25) is 0 Å². The largest absolute Gasteiger partial charge is 0.493 e. The Balaban J connectivity index is 1.96. The number of fused-ring (bicyclic) bond motifs is 1. The summed E-state index contributed by atoms with van der Waals surface area (Å²) in [7, 11) is 0. The molecule has 1 aromatic carbocycles. The lowest BCUT2D eigenvalue weighted by atomic mass is 10.1. The van der Waals surface area contributed by atoms with Crippen LogP contribution < -0.4 is 4.74 Å². The van der Waals surface area contributed by atoms with Crippen LogP contribution in [-0.4, -0.2) is 35.7 Å². The minimum Gasteiger partial charge on any atom is -0.493 e. The van der Waals surface area contributed by atoms with Crippen LogP contribution in [0.4, 0.5) is 0 Å². The molecule has 98 valence electrons. The van der Waals surface area contributed by atoms with Gasteiger partial charge in [-0.2, -0.15) is 0 Å². The molecular weight excluding hydrogens is 230 g/mol. The second-order valence-corrected chi connectivity index (χ2v) is 4.55. The second-order valence-electron chi connectivity index (χ2n) is 4.55. The minimum atomic E-state index is -0.740. The van der Waals surface area contributed by atoms with Crippen molar-refractivity contribution in [1.29, 1.82) is 0 Å². The monoisotopic (exact) mass is 249 g/mol. The third-order valence-electron chi connectivity index (χ3n) is 3.25. The molecule has 0 unspecified atom stereocenters. The number of aliphatic carboxylic acids is 1. The average Bonchev–Trinajstić information content (AvgIpc) is 2.81. The van der Waals surface area contributed by atoms with Gasteiger partial charge in [0, 0.05) is 19.5 Å². The maximum atomic E-state index is 10.6. The third-order valence-corrected chi connectivity index (χ3v) is 3.25. The summed E-state index contributed by atoms with van der Waals surface area (Å²) >= 11 is 0. The summed E-state index contributed by atoms with van der Waals surface area (Å²) in [5, 5.41) is 8.71. The summed E-state index contributed by atoms with van der Waals surface area (Å²) in [6.45, 7) is 5.09. The Labute approximate surface area is 107 Å². The third kappa shape index (κ3) is 3.23. The quantitative estimate of drug-likeness (QED) is 0.836. The van der Waals surface area contributed by atoms with Crippen LogP contribution in [0.1, 0.15) is 24.5 Å². The van der Waals surface area contributed by atoms with Crippen molar-refractivity contribution in [3.63, 3.8) is 0 Å². The Bertz CT molecular complexity index is 431. The van der Waals surface area contributed by atoms with E-state index in [0.29, 0.717) is 6.54 Å². The molecule has 1 aromatic rings. The standard InChI is InChI=1S/C14H19NO3/c1-2-15(7-5-14(16)17)10-11-3-4-13-12(9-11)6-8-18-13/h3-4,9H,2,5-8,10H2,1H3,(H,16,17). The van der Waals surface area contributed by atoms with Crippen LogP contribution in [0.5, 0.6) is 5.75 Å². The second kappa shape index (κ2) is 5.87. The molecule has 0 fully saturated rings. The topological polar surface area (TPSA) is 49.8 Å². The molecule has 4 heteroatoms. The fraction of sp³-hybridized carbons (Fsp3) is 0.500. The number of nitrogens with zero attached hydrogens (tertiary/aromatic N) is 1. The van der Waals surface area contributed by atoms with Gasteiger partial charge in [0.25, 0.3) is 0 Å². The number of carboxylic acids is 1. The van der Waals surface area contributed by atoms with E-state index >= 15 is 0 Å². The predicted molar refractivity (Wildman–Crippen MR) is 68.8 cm³/mol. The van der Waals surface area contributed by atoms with Crippen LogP contribution in [0.25, 0.3) is 0 Å². The number of rotatable bonds is 6. The van der Waals surface area contributed by atoms with Crippen molar-refractivity contribution in [2.45, 2.75) is 26.3 Å². The summed E-state index contributed by atoms with van der Waals surface area (Å²) in [5.41, 5.74) is 2.49. The van der Waals surface area contributed by atoms with Gasteiger partial charge in [0.15, 0.2) is 0 Å². The van der Waals surface area contributed by atoms with Crippen LogP contribution in [0, 0.1) is 0 Å². The molecule has 0 aliphatic carbocycles. The summed E-state index contributed by atoms with van der Waals surface area (Å²) in [4.78, 5) is 12.7. The van der Waals surface area contributed by atoms with Gasteiger partial charge in [-0.15, -0.1) is 0 Å². The Morgan fingerprint density at radius 3 is 3.06 bits per heavy atom. The van der Waals surface area contributed by atoms with Crippen molar-refractivity contribution in [2.75, 3.05) is 19.7 Å². The molecule has 0 amide bonds. The fourth-order valence-electron chi connectivity index (χ4n) is 2.20. The molecule has 0 spiro atoms. The lowest BCUT2D eigenvalue weighted by molar-refractivity contribution is -0.137. The van der Waals surface area contributed by atoms with Crippen molar-refractivity contribution in [3.05, 3.63) is 29.3 Å². The molecule has 0 bridgehead atoms. The van der Waals surface area contributed by atoms with Gasteiger partial charge in [0.05, 0.1) is 13.0 Å². The number of ether oxygens (including phenoxy) is 1. The normalized spacial score (nSPS) is 13.4. The van der Waals surface area contributed by atoms with Crippen LogP contribution in [0.2, 0.25) is 0 Å². The van der Waals surface area contributed by atoms with Crippen molar-refractivity contribution in [3.8, 4) is 5.75 Å². The number of carboxylic acid groups (broad SMARTS) is 1. The maximum absolute atomic E-state index is 10.6. The minimum absolute atomic E-state index is 0.196. The zero-order valence-electron chi connectivity index (χ0n) is 10.7. The van der Waals surface area contributed by atoms with Crippen LogP contribution in [0.3, 0.4) is 0 Å². The highest BCUT2D eigenvalue weighted by molar-refractivity contribution is 5.66. The summed E-state index contributed by atoms with van der Waals surface area (Å²) < 4.78 is 5.47. The molecule has 0 atom stereocenters. The maximum Gasteiger partial charge on any atom is 0.304 e. The number of hydrogen-bond acceptors (Lipinski definition) is 3. The molecule has 1 N–H and O–H groups in total. The summed E-state index contributed by atoms with van der Waals surface area (Å²) in [6.07, 6.45) is 1.17. The van der Waals surface area contributed by atoms with E-state index in [0.717, 1.165) is 31.9 Å². The van der Waals surface area contributed by atoms with Crippen molar-refractivity contribution in [1.82, 2.24) is 4.90 Å². The first-order valence-corrected chi connectivity index (χ1v) is 6.38. The van der Waals surface area contributed by atoms with E-state index in [2.05, 4.69) is 24.0 Å². The number of carbonyl (C=O) groups is 1. The van der Waals surface area contributed by atoms with E-state index in [1.807, 2.05) is 6.07 Å². The molecule has 1 aliphatic rings. The van der Waals surface area contributed by atoms with E-state index < -0.39 is 5.97 Å². The van der Waals surface area contributed by atoms with Crippen molar-refractivity contribution < 1.29 is 14.6 Å². The molecule has 4 nitrogen and oxygen atoms in total. The van der Waals surface area contributed by atoms with E-state index in [1.54, 1.807) is 0 Å². The zero-order valence-corrected chi connectivity index (χ0v) is 10.7. The first kappa shape index (κ1) is 12.9. The van der Waals surface area contributed by atoms with Gasteiger partial charge in [-0.25, -0.2) is 0 Å². The molecule has 0 saturated carbocycles. The highest BCUT2D eigenvalue weighted by Crippen LogP contribution is 2.26. The van der Waals surface area contributed by atoms with Crippen molar-refractivity contribution in [2.24, 2.45) is 0 Å². The smallest absolute Gasteiger partial charge is 0.304 e. The molecule has 18 heavy (non-hydrogen) atoms. The molecule has 2 rings (SSSR count).